The van der Waals surface area contributed by atoms with Crippen LogP contribution in [0.4, 0.5) is 0 Å². The highest BCUT2D eigenvalue weighted by molar-refractivity contribution is 5.73. The summed E-state index contributed by atoms with van der Waals surface area (Å²) in [6.45, 7) is 2.12. The van der Waals surface area contributed by atoms with Crippen molar-refractivity contribution in [2.75, 3.05) is 0 Å². The first kappa shape index (κ1) is 9.04. The zero-order chi connectivity index (χ0) is 8.97. The van der Waals surface area contributed by atoms with Crippen molar-refractivity contribution in [2.24, 2.45) is 5.92 Å². The molecule has 0 amide bonds. The van der Waals surface area contributed by atoms with E-state index < -0.39 is 5.97 Å². The lowest BCUT2D eigenvalue weighted by atomic mass is 9.95. The van der Waals surface area contributed by atoms with Crippen LogP contribution in [0.2, 0.25) is 0 Å². The molecule has 0 bridgehead atoms. The quantitative estimate of drug-likeness (QED) is 0.698. The van der Waals surface area contributed by atoms with Crippen LogP contribution in [0.25, 0.3) is 0 Å². The highest BCUT2D eigenvalue weighted by atomic mass is 16.4. The molecule has 66 valence electrons. The Morgan fingerprint density at radius 1 is 1.75 bits per heavy atom. The number of aliphatic carboxylic acids is 1. The molecule has 0 aromatic heterocycles. The number of carbonyl (C=O) groups is 1. The maximum Gasteiger partial charge on any atom is 0.310 e. The van der Waals surface area contributed by atoms with Crippen LogP contribution >= 0.6 is 0 Å². The molecule has 0 radical (unpaired) electrons. The molecular formula is C10H14O2. The average Bonchev–Trinajstić information content (AvgIpc) is 2.06. The molecule has 1 unspecified atom stereocenters. The standard InChI is InChI=1S/C10H14O2/c1-2-3-8-4-6-9(7-5-8)10(11)12/h4-6,9H,2-3,7H2,1H3,(H,11,12). The lowest BCUT2D eigenvalue weighted by Gasteiger charge is -2.11. The van der Waals surface area contributed by atoms with E-state index in [9.17, 15) is 4.79 Å². The first-order valence-corrected chi connectivity index (χ1v) is 4.34. The summed E-state index contributed by atoms with van der Waals surface area (Å²) in [6.07, 6.45) is 8.58. The molecule has 12 heavy (non-hydrogen) atoms. The second-order valence-corrected chi connectivity index (χ2v) is 3.07. The molecule has 0 aromatic rings. The molecule has 0 aliphatic heterocycles. The summed E-state index contributed by atoms with van der Waals surface area (Å²) >= 11 is 0. The maximum absolute atomic E-state index is 10.5. The van der Waals surface area contributed by atoms with E-state index in [0.717, 1.165) is 12.8 Å². The van der Waals surface area contributed by atoms with Gasteiger partial charge in [0.05, 0.1) is 5.92 Å². The first-order valence-electron chi connectivity index (χ1n) is 4.34. The molecule has 0 saturated heterocycles. The Bertz CT molecular complexity index is 226. The molecule has 1 N–H and O–H groups in total. The van der Waals surface area contributed by atoms with Gasteiger partial charge < -0.3 is 5.11 Å². The van der Waals surface area contributed by atoms with Crippen molar-refractivity contribution in [3.63, 3.8) is 0 Å². The molecule has 0 fully saturated rings. The summed E-state index contributed by atoms with van der Waals surface area (Å²) in [5.41, 5.74) is 1.27. The Morgan fingerprint density at radius 2 is 2.50 bits per heavy atom. The van der Waals surface area contributed by atoms with Crippen LogP contribution in [0.15, 0.2) is 23.8 Å². The van der Waals surface area contributed by atoms with Gasteiger partial charge in [0.2, 0.25) is 0 Å². The van der Waals surface area contributed by atoms with Gasteiger partial charge in [0, 0.05) is 0 Å². The number of carboxylic acids is 1. The van der Waals surface area contributed by atoms with Crippen LogP contribution < -0.4 is 0 Å². The van der Waals surface area contributed by atoms with Gasteiger partial charge in [-0.2, -0.15) is 0 Å². The maximum atomic E-state index is 10.5. The van der Waals surface area contributed by atoms with Crippen molar-refractivity contribution in [1.82, 2.24) is 0 Å². The van der Waals surface area contributed by atoms with Gasteiger partial charge >= 0.3 is 5.97 Å². The van der Waals surface area contributed by atoms with E-state index in [1.165, 1.54) is 5.57 Å². The van der Waals surface area contributed by atoms with Gasteiger partial charge in [0.1, 0.15) is 0 Å². The van der Waals surface area contributed by atoms with Crippen LogP contribution in [0.3, 0.4) is 0 Å². The van der Waals surface area contributed by atoms with Crippen molar-refractivity contribution in [3.05, 3.63) is 23.8 Å². The van der Waals surface area contributed by atoms with E-state index >= 15 is 0 Å². The Balaban J connectivity index is 2.49. The van der Waals surface area contributed by atoms with E-state index in [1.54, 1.807) is 6.08 Å². The molecule has 2 heteroatoms. The summed E-state index contributed by atoms with van der Waals surface area (Å²) in [7, 11) is 0. The third-order valence-electron chi connectivity index (χ3n) is 2.03. The van der Waals surface area contributed by atoms with E-state index in [0.29, 0.717) is 6.42 Å². The van der Waals surface area contributed by atoms with E-state index in [1.807, 2.05) is 12.2 Å². The van der Waals surface area contributed by atoms with Crippen LogP contribution in [-0.2, 0) is 4.79 Å². The van der Waals surface area contributed by atoms with Crippen LogP contribution in [-0.4, -0.2) is 11.1 Å². The molecule has 0 saturated carbocycles. The zero-order valence-electron chi connectivity index (χ0n) is 7.29. The molecular weight excluding hydrogens is 152 g/mol. The van der Waals surface area contributed by atoms with E-state index in [2.05, 4.69) is 6.92 Å². The fraction of sp³-hybridized carbons (Fsp3) is 0.500. The lowest BCUT2D eigenvalue weighted by Crippen LogP contribution is -2.11. The largest absolute Gasteiger partial charge is 0.481 e. The van der Waals surface area contributed by atoms with E-state index in [-0.39, 0.29) is 5.92 Å². The average molecular weight is 166 g/mol. The number of rotatable bonds is 3. The summed E-state index contributed by atoms with van der Waals surface area (Å²) in [5, 5.41) is 8.67. The smallest absolute Gasteiger partial charge is 0.310 e. The third-order valence-corrected chi connectivity index (χ3v) is 2.03. The molecule has 2 nitrogen and oxygen atoms in total. The van der Waals surface area contributed by atoms with Crippen molar-refractivity contribution < 1.29 is 9.90 Å². The Hall–Kier alpha value is -1.05. The minimum Gasteiger partial charge on any atom is -0.481 e. The second kappa shape index (κ2) is 4.10. The molecule has 1 atom stereocenters. The summed E-state index contributed by atoms with van der Waals surface area (Å²) in [5.74, 6) is -1.02. The SMILES string of the molecule is CCCC1=CCC(C(=O)O)C=C1. The van der Waals surface area contributed by atoms with Gasteiger partial charge in [-0.25, -0.2) is 0 Å². The number of hydrogen-bond donors (Lipinski definition) is 1. The topological polar surface area (TPSA) is 37.3 Å². The number of hydrogen-bond acceptors (Lipinski definition) is 1. The van der Waals surface area contributed by atoms with Crippen molar-refractivity contribution in [3.8, 4) is 0 Å². The predicted octanol–water partition coefficient (Wildman–Crippen LogP) is 2.37. The minimum absolute atomic E-state index is 0.300. The van der Waals surface area contributed by atoms with E-state index in [4.69, 9.17) is 5.11 Å². The Morgan fingerprint density at radius 3 is 2.92 bits per heavy atom. The van der Waals surface area contributed by atoms with Crippen LogP contribution in [0.1, 0.15) is 26.2 Å². The molecule has 0 spiro atoms. The van der Waals surface area contributed by atoms with Gasteiger partial charge in [-0.1, -0.05) is 37.1 Å². The fourth-order valence-corrected chi connectivity index (χ4v) is 1.32. The Labute approximate surface area is 72.6 Å². The second-order valence-electron chi connectivity index (χ2n) is 3.07. The minimum atomic E-state index is -0.724. The van der Waals surface area contributed by atoms with Gasteiger partial charge in [-0.15, -0.1) is 0 Å². The predicted molar refractivity (Wildman–Crippen MR) is 47.9 cm³/mol. The highest BCUT2D eigenvalue weighted by Gasteiger charge is 2.14. The molecule has 0 aromatic carbocycles. The van der Waals surface area contributed by atoms with Crippen LogP contribution in [0.5, 0.6) is 0 Å². The summed E-state index contributed by atoms with van der Waals surface area (Å²) in [6, 6.07) is 0. The Kier molecular flexibility index (Phi) is 3.09. The van der Waals surface area contributed by atoms with Gasteiger partial charge in [0.15, 0.2) is 0 Å². The summed E-state index contributed by atoms with van der Waals surface area (Å²) in [4.78, 5) is 10.5. The van der Waals surface area contributed by atoms with Crippen LogP contribution in [0, 0.1) is 5.92 Å². The van der Waals surface area contributed by atoms with Crippen molar-refractivity contribution >= 4 is 5.97 Å². The lowest BCUT2D eigenvalue weighted by molar-refractivity contribution is -0.139. The van der Waals surface area contributed by atoms with Crippen molar-refractivity contribution in [1.29, 1.82) is 0 Å². The molecule has 1 rings (SSSR count). The molecule has 1 aliphatic carbocycles. The molecule has 1 aliphatic rings. The molecule has 0 heterocycles. The normalized spacial score (nSPS) is 22.1. The monoisotopic (exact) mass is 166 g/mol. The van der Waals surface area contributed by atoms with Gasteiger partial charge in [-0.3, -0.25) is 4.79 Å². The third kappa shape index (κ3) is 2.22. The highest BCUT2D eigenvalue weighted by Crippen LogP contribution is 2.19. The summed E-state index contributed by atoms with van der Waals surface area (Å²) < 4.78 is 0. The number of carboxylic acid groups (broad SMARTS) is 1. The fourth-order valence-electron chi connectivity index (χ4n) is 1.32. The van der Waals surface area contributed by atoms with Gasteiger partial charge in [0.25, 0.3) is 0 Å². The zero-order valence-corrected chi connectivity index (χ0v) is 7.29. The van der Waals surface area contributed by atoms with Gasteiger partial charge in [-0.05, 0) is 12.8 Å². The number of allylic oxidation sites excluding steroid dienone is 3. The first-order chi connectivity index (χ1) is 5.74. The van der Waals surface area contributed by atoms with Crippen molar-refractivity contribution in [2.45, 2.75) is 26.2 Å².